The van der Waals surface area contributed by atoms with Gasteiger partial charge in [0, 0.05) is 12.6 Å². The Balaban J connectivity index is 2.65. The van der Waals surface area contributed by atoms with Crippen LogP contribution in [-0.2, 0) is 4.79 Å². The van der Waals surface area contributed by atoms with Crippen LogP contribution in [0.15, 0.2) is 0 Å². The number of hydrogen-bond donors (Lipinski definition) is 3. The van der Waals surface area contributed by atoms with Gasteiger partial charge < -0.3 is 15.7 Å². The van der Waals surface area contributed by atoms with Crippen molar-refractivity contribution in [3.05, 3.63) is 0 Å². The molecular weight excluding hydrogens is 228 g/mol. The highest BCUT2D eigenvalue weighted by Crippen LogP contribution is 2.34. The highest BCUT2D eigenvalue weighted by molar-refractivity contribution is 5.83. The molecule has 1 aliphatic rings. The molecule has 0 aromatic heterocycles. The summed E-state index contributed by atoms with van der Waals surface area (Å²) >= 11 is 0. The van der Waals surface area contributed by atoms with E-state index in [0.29, 0.717) is 0 Å². The number of nitrogens with one attached hydrogen (secondary N) is 2. The zero-order chi connectivity index (χ0) is 13.6. The monoisotopic (exact) mass is 256 g/mol. The molecule has 0 radical (unpaired) electrons. The predicted octanol–water partition coefficient (Wildman–Crippen LogP) is 1.29. The Morgan fingerprint density at radius 3 is 2.50 bits per heavy atom. The molecule has 2 unspecified atom stereocenters. The van der Waals surface area contributed by atoms with Crippen LogP contribution in [0.25, 0.3) is 0 Å². The molecule has 1 saturated heterocycles. The fourth-order valence-electron chi connectivity index (χ4n) is 2.63. The first-order valence-corrected chi connectivity index (χ1v) is 7.18. The number of amides is 1. The van der Waals surface area contributed by atoms with Gasteiger partial charge in [-0.1, -0.05) is 20.3 Å². The van der Waals surface area contributed by atoms with Gasteiger partial charge in [0.2, 0.25) is 5.91 Å². The van der Waals surface area contributed by atoms with Crippen LogP contribution in [0.2, 0.25) is 0 Å². The fourth-order valence-corrected chi connectivity index (χ4v) is 2.63. The van der Waals surface area contributed by atoms with Gasteiger partial charge in [-0.3, -0.25) is 4.79 Å². The number of aliphatic hydroxyl groups is 1. The minimum atomic E-state index is -0.191. The number of rotatable bonds is 6. The van der Waals surface area contributed by atoms with E-state index in [1.807, 2.05) is 13.8 Å². The SMILES string of the molecule is CCCC1(C(=O)NC(C)C(C)CO)CCNCC1. The molecule has 1 amide bonds. The maximum absolute atomic E-state index is 12.5. The van der Waals surface area contributed by atoms with E-state index in [1.54, 1.807) is 0 Å². The van der Waals surface area contributed by atoms with Crippen LogP contribution in [-0.4, -0.2) is 36.8 Å². The zero-order valence-electron chi connectivity index (χ0n) is 12.0. The summed E-state index contributed by atoms with van der Waals surface area (Å²) in [6, 6.07) is 0.0334. The Labute approximate surface area is 111 Å². The smallest absolute Gasteiger partial charge is 0.226 e. The largest absolute Gasteiger partial charge is 0.396 e. The summed E-state index contributed by atoms with van der Waals surface area (Å²) in [4.78, 5) is 12.5. The van der Waals surface area contributed by atoms with Crippen LogP contribution in [0.1, 0.15) is 46.5 Å². The molecule has 106 valence electrons. The minimum Gasteiger partial charge on any atom is -0.396 e. The zero-order valence-corrected chi connectivity index (χ0v) is 12.0. The van der Waals surface area contributed by atoms with Crippen molar-refractivity contribution in [1.82, 2.24) is 10.6 Å². The van der Waals surface area contributed by atoms with E-state index >= 15 is 0 Å². The lowest BCUT2D eigenvalue weighted by atomic mass is 9.74. The third-order valence-electron chi connectivity index (χ3n) is 4.27. The molecule has 0 aliphatic carbocycles. The Morgan fingerprint density at radius 2 is 2.00 bits per heavy atom. The van der Waals surface area contributed by atoms with Gasteiger partial charge in [0.15, 0.2) is 0 Å². The van der Waals surface area contributed by atoms with Crippen molar-refractivity contribution in [2.45, 2.75) is 52.5 Å². The molecule has 18 heavy (non-hydrogen) atoms. The predicted molar refractivity (Wildman–Crippen MR) is 73.3 cm³/mol. The van der Waals surface area contributed by atoms with Crippen LogP contribution < -0.4 is 10.6 Å². The highest BCUT2D eigenvalue weighted by Gasteiger charge is 2.39. The maximum atomic E-state index is 12.5. The third-order valence-corrected chi connectivity index (χ3v) is 4.27. The van der Waals surface area contributed by atoms with Gasteiger partial charge in [-0.05, 0) is 45.2 Å². The second-order valence-electron chi connectivity index (χ2n) is 5.70. The molecular formula is C14H28N2O2. The molecule has 1 rings (SSSR count). The molecule has 0 bridgehead atoms. The Bertz CT molecular complexity index is 257. The summed E-state index contributed by atoms with van der Waals surface area (Å²) in [5.41, 5.74) is -0.191. The number of hydrogen-bond acceptors (Lipinski definition) is 3. The van der Waals surface area contributed by atoms with Crippen molar-refractivity contribution in [3.8, 4) is 0 Å². The van der Waals surface area contributed by atoms with Crippen LogP contribution in [0, 0.1) is 11.3 Å². The van der Waals surface area contributed by atoms with Gasteiger partial charge in [0.25, 0.3) is 0 Å². The standard InChI is InChI=1S/C14H28N2O2/c1-4-5-14(6-8-15-9-7-14)13(18)16-12(3)11(2)10-17/h11-12,15,17H,4-10H2,1-3H3,(H,16,18). The van der Waals surface area contributed by atoms with Crippen molar-refractivity contribution in [2.24, 2.45) is 11.3 Å². The molecule has 0 spiro atoms. The number of piperidine rings is 1. The molecule has 4 heteroatoms. The molecule has 4 nitrogen and oxygen atoms in total. The fraction of sp³-hybridized carbons (Fsp3) is 0.929. The Morgan fingerprint density at radius 1 is 1.39 bits per heavy atom. The van der Waals surface area contributed by atoms with E-state index in [2.05, 4.69) is 17.6 Å². The molecule has 2 atom stereocenters. The number of carbonyl (C=O) groups excluding carboxylic acids is 1. The molecule has 0 aromatic carbocycles. The van der Waals surface area contributed by atoms with E-state index < -0.39 is 0 Å². The highest BCUT2D eigenvalue weighted by atomic mass is 16.3. The average molecular weight is 256 g/mol. The van der Waals surface area contributed by atoms with Crippen molar-refractivity contribution >= 4 is 5.91 Å². The van der Waals surface area contributed by atoms with Crippen molar-refractivity contribution < 1.29 is 9.90 Å². The van der Waals surface area contributed by atoms with E-state index in [9.17, 15) is 4.79 Å². The van der Waals surface area contributed by atoms with Gasteiger partial charge in [0.1, 0.15) is 0 Å². The van der Waals surface area contributed by atoms with Crippen LogP contribution in [0.3, 0.4) is 0 Å². The molecule has 3 N–H and O–H groups in total. The summed E-state index contributed by atoms with van der Waals surface area (Å²) in [7, 11) is 0. The summed E-state index contributed by atoms with van der Waals surface area (Å²) in [6.07, 6.45) is 3.85. The average Bonchev–Trinajstić information content (AvgIpc) is 2.39. The first-order valence-electron chi connectivity index (χ1n) is 7.18. The van der Waals surface area contributed by atoms with Crippen molar-refractivity contribution in [2.75, 3.05) is 19.7 Å². The molecule has 0 aromatic rings. The lowest BCUT2D eigenvalue weighted by Gasteiger charge is -2.37. The molecule has 1 heterocycles. The van der Waals surface area contributed by atoms with E-state index in [0.717, 1.165) is 38.8 Å². The van der Waals surface area contributed by atoms with Crippen molar-refractivity contribution in [3.63, 3.8) is 0 Å². The van der Waals surface area contributed by atoms with Gasteiger partial charge >= 0.3 is 0 Å². The van der Waals surface area contributed by atoms with Gasteiger partial charge in [-0.25, -0.2) is 0 Å². The quantitative estimate of drug-likeness (QED) is 0.671. The van der Waals surface area contributed by atoms with Gasteiger partial charge in [0.05, 0.1) is 5.41 Å². The van der Waals surface area contributed by atoms with Gasteiger partial charge in [-0.2, -0.15) is 0 Å². The van der Waals surface area contributed by atoms with Gasteiger partial charge in [-0.15, -0.1) is 0 Å². The summed E-state index contributed by atoms with van der Waals surface area (Å²) in [5.74, 6) is 0.285. The summed E-state index contributed by atoms with van der Waals surface area (Å²) in [6.45, 7) is 8.04. The second-order valence-corrected chi connectivity index (χ2v) is 5.70. The topological polar surface area (TPSA) is 61.4 Å². The van der Waals surface area contributed by atoms with Crippen LogP contribution >= 0.6 is 0 Å². The lowest BCUT2D eigenvalue weighted by Crippen LogP contribution is -2.51. The molecule has 1 aliphatic heterocycles. The summed E-state index contributed by atoms with van der Waals surface area (Å²) in [5, 5.41) is 15.6. The number of carbonyl (C=O) groups is 1. The second kappa shape index (κ2) is 7.10. The molecule has 1 fully saturated rings. The Hall–Kier alpha value is -0.610. The third kappa shape index (κ3) is 3.69. The van der Waals surface area contributed by atoms with E-state index in [1.165, 1.54) is 0 Å². The molecule has 0 saturated carbocycles. The lowest BCUT2D eigenvalue weighted by molar-refractivity contribution is -0.134. The summed E-state index contributed by atoms with van der Waals surface area (Å²) < 4.78 is 0. The minimum absolute atomic E-state index is 0.0334. The van der Waals surface area contributed by atoms with Crippen molar-refractivity contribution in [1.29, 1.82) is 0 Å². The first kappa shape index (κ1) is 15.4. The Kier molecular flexibility index (Phi) is 6.09. The maximum Gasteiger partial charge on any atom is 0.226 e. The van der Waals surface area contributed by atoms with E-state index in [-0.39, 0.29) is 29.9 Å². The first-order chi connectivity index (χ1) is 8.55. The van der Waals surface area contributed by atoms with Crippen LogP contribution in [0.4, 0.5) is 0 Å². The van der Waals surface area contributed by atoms with E-state index in [4.69, 9.17) is 5.11 Å². The normalized spacial score (nSPS) is 22.2. The van der Waals surface area contributed by atoms with Crippen LogP contribution in [0.5, 0.6) is 0 Å². The number of aliphatic hydroxyl groups excluding tert-OH is 1.